The van der Waals surface area contributed by atoms with Crippen molar-refractivity contribution in [2.45, 2.75) is 30.5 Å². The molecule has 1 saturated heterocycles. The number of nitrogens with one attached hydrogen (secondary N) is 1. The minimum atomic E-state index is -3.56. The molecule has 0 radical (unpaired) electrons. The maximum atomic E-state index is 12.9. The van der Waals surface area contributed by atoms with Gasteiger partial charge >= 0.3 is 0 Å². The van der Waals surface area contributed by atoms with Gasteiger partial charge in [-0.05, 0) is 37.5 Å². The quantitative estimate of drug-likeness (QED) is 0.632. The molecule has 7 nitrogen and oxygen atoms in total. The summed E-state index contributed by atoms with van der Waals surface area (Å²) in [7, 11) is -3.56. The Bertz CT molecular complexity index is 1120. The number of benzene rings is 1. The van der Waals surface area contributed by atoms with Gasteiger partial charge in [0.25, 0.3) is 10.0 Å². The Morgan fingerprint density at radius 3 is 2.73 bits per heavy atom. The number of carbonyl (C=O) groups excluding carboxylic acids is 1. The molecule has 0 aliphatic carbocycles. The van der Waals surface area contributed by atoms with Crippen molar-refractivity contribution in [3.8, 4) is 0 Å². The molecule has 1 amide bonds. The first-order valence-electron chi connectivity index (χ1n) is 9.86. The lowest BCUT2D eigenvalue weighted by Crippen LogP contribution is -2.43. The second kappa shape index (κ2) is 8.71. The summed E-state index contributed by atoms with van der Waals surface area (Å²) >= 11 is 1.26. The lowest BCUT2D eigenvalue weighted by Gasteiger charge is -2.30. The second-order valence-corrected chi connectivity index (χ2v) is 10.9. The lowest BCUT2D eigenvalue weighted by atomic mass is 9.99. The predicted octanol–water partition coefficient (Wildman–Crippen LogP) is 3.34. The number of hydrogen-bond donors (Lipinski definition) is 1. The zero-order valence-electron chi connectivity index (χ0n) is 16.7. The fourth-order valence-electron chi connectivity index (χ4n) is 3.60. The Morgan fingerprint density at radius 1 is 1.20 bits per heavy atom. The van der Waals surface area contributed by atoms with Crippen LogP contribution in [0.2, 0.25) is 0 Å². The van der Waals surface area contributed by atoms with E-state index in [-0.39, 0.29) is 12.5 Å². The normalized spacial score (nSPS) is 17.7. The molecule has 2 aromatic heterocycles. The Morgan fingerprint density at radius 2 is 2.00 bits per heavy atom. The molecule has 30 heavy (non-hydrogen) atoms. The van der Waals surface area contributed by atoms with Gasteiger partial charge in [-0.2, -0.15) is 9.40 Å². The highest BCUT2D eigenvalue weighted by Gasteiger charge is 2.34. The Hall–Kier alpha value is -2.49. The number of piperidine rings is 1. The van der Waals surface area contributed by atoms with Gasteiger partial charge < -0.3 is 5.32 Å². The van der Waals surface area contributed by atoms with E-state index in [2.05, 4.69) is 10.4 Å². The summed E-state index contributed by atoms with van der Waals surface area (Å²) in [4.78, 5) is 13.9. The third-order valence-corrected chi connectivity index (χ3v) is 8.54. The van der Waals surface area contributed by atoms with Crippen molar-refractivity contribution in [2.75, 3.05) is 18.4 Å². The van der Waals surface area contributed by atoms with Crippen LogP contribution in [0.1, 0.15) is 23.3 Å². The first-order valence-corrected chi connectivity index (χ1v) is 12.1. The summed E-state index contributed by atoms with van der Waals surface area (Å²) in [6.07, 6.45) is 2.97. The molecule has 1 fully saturated rings. The fourth-order valence-corrected chi connectivity index (χ4v) is 6.56. The number of carbonyl (C=O) groups is 1. The average Bonchev–Trinajstić information content (AvgIpc) is 3.38. The number of hydrogen-bond acceptors (Lipinski definition) is 5. The largest absolute Gasteiger partial charge is 0.311 e. The molecule has 1 aromatic carbocycles. The van der Waals surface area contributed by atoms with Crippen LogP contribution >= 0.6 is 11.3 Å². The lowest BCUT2D eigenvalue weighted by molar-refractivity contribution is -0.120. The number of anilines is 1. The van der Waals surface area contributed by atoms with Gasteiger partial charge in [0.2, 0.25) is 5.91 Å². The van der Waals surface area contributed by atoms with E-state index in [9.17, 15) is 13.2 Å². The highest BCUT2D eigenvalue weighted by atomic mass is 32.2. The summed E-state index contributed by atoms with van der Waals surface area (Å²) in [6, 6.07) is 15.1. The molecule has 158 valence electrons. The van der Waals surface area contributed by atoms with Crippen molar-refractivity contribution in [1.82, 2.24) is 14.1 Å². The van der Waals surface area contributed by atoms with Crippen molar-refractivity contribution in [3.05, 3.63) is 65.2 Å². The van der Waals surface area contributed by atoms with Gasteiger partial charge in [0.1, 0.15) is 10.0 Å². The van der Waals surface area contributed by atoms with Crippen LogP contribution in [0.25, 0.3) is 0 Å². The van der Waals surface area contributed by atoms with E-state index < -0.39 is 15.9 Å². The summed E-state index contributed by atoms with van der Waals surface area (Å²) in [5.41, 5.74) is 1.08. The van der Waals surface area contributed by atoms with Crippen molar-refractivity contribution >= 4 is 33.1 Å². The van der Waals surface area contributed by atoms with E-state index in [0.29, 0.717) is 36.0 Å². The van der Waals surface area contributed by atoms with E-state index in [0.717, 1.165) is 10.4 Å². The second-order valence-electron chi connectivity index (χ2n) is 7.42. The zero-order valence-corrected chi connectivity index (χ0v) is 18.3. The van der Waals surface area contributed by atoms with Crippen LogP contribution in [0.4, 0.5) is 5.82 Å². The number of nitrogens with zero attached hydrogens (tertiary/aromatic N) is 3. The minimum absolute atomic E-state index is 0.174. The first-order chi connectivity index (χ1) is 14.4. The molecule has 3 heterocycles. The number of sulfonamides is 1. The summed E-state index contributed by atoms with van der Waals surface area (Å²) < 4.78 is 29.4. The van der Waals surface area contributed by atoms with E-state index in [1.54, 1.807) is 29.1 Å². The van der Waals surface area contributed by atoms with Crippen LogP contribution in [0.3, 0.4) is 0 Å². The molecular formula is C21H24N4O3S2. The van der Waals surface area contributed by atoms with Gasteiger partial charge in [-0.1, -0.05) is 30.3 Å². The molecule has 1 atom stereocenters. The van der Waals surface area contributed by atoms with Crippen molar-refractivity contribution in [3.63, 3.8) is 0 Å². The van der Waals surface area contributed by atoms with E-state index in [1.807, 2.05) is 37.3 Å². The minimum Gasteiger partial charge on any atom is -0.311 e. The van der Waals surface area contributed by atoms with Crippen LogP contribution < -0.4 is 5.32 Å². The standard InChI is InChI=1S/C21H24N4O3S2/c1-16-9-10-20(29-16)30(27,28)24-13-5-8-18(15-24)21(26)23-19-11-12-22-25(19)14-17-6-3-2-4-7-17/h2-4,6-7,9-12,18H,5,8,13-15H2,1H3,(H,23,26)/t18-/m0/s1. The summed E-state index contributed by atoms with van der Waals surface area (Å²) in [6.45, 7) is 3.06. The molecule has 4 rings (SSSR count). The number of amides is 1. The molecule has 0 bridgehead atoms. The van der Waals surface area contributed by atoms with Gasteiger partial charge in [-0.15, -0.1) is 11.3 Å². The molecule has 1 aliphatic rings. The van der Waals surface area contributed by atoms with Crippen LogP contribution in [0.5, 0.6) is 0 Å². The number of thiophene rings is 1. The van der Waals surface area contributed by atoms with Crippen molar-refractivity contribution < 1.29 is 13.2 Å². The zero-order chi connectivity index (χ0) is 21.1. The highest BCUT2D eigenvalue weighted by molar-refractivity contribution is 7.91. The molecule has 9 heteroatoms. The van der Waals surface area contributed by atoms with E-state index >= 15 is 0 Å². The van der Waals surface area contributed by atoms with Crippen LogP contribution in [-0.2, 0) is 21.4 Å². The highest BCUT2D eigenvalue weighted by Crippen LogP contribution is 2.28. The monoisotopic (exact) mass is 444 g/mol. The number of aryl methyl sites for hydroxylation is 1. The van der Waals surface area contributed by atoms with Gasteiger partial charge in [0.05, 0.1) is 18.7 Å². The molecule has 0 spiro atoms. The number of rotatable bonds is 6. The van der Waals surface area contributed by atoms with Crippen LogP contribution in [0, 0.1) is 12.8 Å². The van der Waals surface area contributed by atoms with Crippen LogP contribution in [0.15, 0.2) is 58.9 Å². The topological polar surface area (TPSA) is 84.3 Å². The average molecular weight is 445 g/mol. The molecule has 0 saturated carbocycles. The maximum Gasteiger partial charge on any atom is 0.252 e. The summed E-state index contributed by atoms with van der Waals surface area (Å²) in [5, 5.41) is 7.24. The van der Waals surface area contributed by atoms with Crippen LogP contribution in [-0.4, -0.2) is 41.5 Å². The molecule has 1 aliphatic heterocycles. The molecule has 0 unspecified atom stereocenters. The SMILES string of the molecule is Cc1ccc(S(=O)(=O)N2CCC[C@H](C(=O)Nc3ccnn3Cc3ccccc3)C2)s1. The summed E-state index contributed by atoms with van der Waals surface area (Å²) in [5.74, 6) is 0.0412. The van der Waals surface area contributed by atoms with Gasteiger partial charge in [-0.3, -0.25) is 4.79 Å². The predicted molar refractivity (Wildman–Crippen MR) is 117 cm³/mol. The third kappa shape index (κ3) is 4.48. The van der Waals surface area contributed by atoms with Gasteiger partial charge in [0.15, 0.2) is 0 Å². The maximum absolute atomic E-state index is 12.9. The number of aromatic nitrogens is 2. The molecule has 3 aromatic rings. The fraction of sp³-hybridized carbons (Fsp3) is 0.333. The Kier molecular flexibility index (Phi) is 6.03. The van der Waals surface area contributed by atoms with Crippen molar-refractivity contribution in [1.29, 1.82) is 0 Å². The van der Waals surface area contributed by atoms with Gasteiger partial charge in [-0.25, -0.2) is 13.1 Å². The smallest absolute Gasteiger partial charge is 0.252 e. The van der Waals surface area contributed by atoms with Crippen molar-refractivity contribution in [2.24, 2.45) is 5.92 Å². The molecular weight excluding hydrogens is 420 g/mol. The Balaban J connectivity index is 1.44. The van der Waals surface area contributed by atoms with E-state index in [4.69, 9.17) is 0 Å². The Labute approximate surface area is 180 Å². The first kappa shape index (κ1) is 20.8. The molecule has 1 N–H and O–H groups in total. The third-order valence-electron chi connectivity index (χ3n) is 5.21. The van der Waals surface area contributed by atoms with Gasteiger partial charge in [0, 0.05) is 24.0 Å². The van der Waals surface area contributed by atoms with E-state index in [1.165, 1.54) is 15.6 Å².